The summed E-state index contributed by atoms with van der Waals surface area (Å²) >= 11 is 0. The number of rotatable bonds is 8. The summed E-state index contributed by atoms with van der Waals surface area (Å²) in [6, 6.07) is 0. The lowest BCUT2D eigenvalue weighted by Gasteiger charge is -2.18. The van der Waals surface area contributed by atoms with Gasteiger partial charge in [0.25, 0.3) is 0 Å². The van der Waals surface area contributed by atoms with Crippen LogP contribution in [0.5, 0.6) is 0 Å². The average Bonchev–Trinajstić information content (AvgIpc) is 2.96. The maximum atomic E-state index is 4.00. The van der Waals surface area contributed by atoms with Gasteiger partial charge in [0.05, 0.1) is 0 Å². The molecule has 0 spiro atoms. The Hall–Kier alpha value is -1.30. The van der Waals surface area contributed by atoms with Crippen molar-refractivity contribution in [1.82, 2.24) is 0 Å². The quantitative estimate of drug-likeness (QED) is 0.190. The largest absolute Gasteiger partial charge is 0.0995 e. The van der Waals surface area contributed by atoms with Crippen molar-refractivity contribution in [2.75, 3.05) is 0 Å². The van der Waals surface area contributed by atoms with Gasteiger partial charge < -0.3 is 0 Å². The average molecular weight is 609 g/mol. The number of allylic oxidation sites excluding steroid dienone is 8. The Morgan fingerprint density at radius 1 is 0.791 bits per heavy atom. The molecule has 0 nitrogen and oxygen atoms in total. The first kappa shape index (κ1) is 60.8. The minimum Gasteiger partial charge on any atom is -0.0995 e. The van der Waals surface area contributed by atoms with Gasteiger partial charge in [0.1, 0.15) is 0 Å². The summed E-state index contributed by atoms with van der Waals surface area (Å²) in [6.07, 6.45) is 14.8. The first-order valence-electron chi connectivity index (χ1n) is 17.4. The monoisotopic (exact) mass is 609 g/mol. The summed E-state index contributed by atoms with van der Waals surface area (Å²) in [7, 11) is 0. The minimum absolute atomic E-state index is 0. The molecule has 1 aliphatic rings. The van der Waals surface area contributed by atoms with E-state index in [1.807, 2.05) is 41.5 Å². The van der Waals surface area contributed by atoms with Crippen LogP contribution in [0.25, 0.3) is 0 Å². The van der Waals surface area contributed by atoms with Crippen molar-refractivity contribution in [2.24, 2.45) is 17.3 Å². The highest BCUT2D eigenvalue weighted by molar-refractivity contribution is 5.36. The van der Waals surface area contributed by atoms with Crippen molar-refractivity contribution >= 4 is 0 Å². The van der Waals surface area contributed by atoms with E-state index in [0.717, 1.165) is 5.92 Å². The van der Waals surface area contributed by atoms with Gasteiger partial charge in [-0.1, -0.05) is 179 Å². The molecular weight excluding hydrogens is 516 g/mol. The van der Waals surface area contributed by atoms with Crippen molar-refractivity contribution in [2.45, 2.75) is 205 Å². The fourth-order valence-electron chi connectivity index (χ4n) is 3.26. The molecule has 0 aromatic carbocycles. The SMILES string of the molecule is C.C.C=C(C)/C(C)=C\C1=C(C)CCCC1.C=C(C)[C@H](CCC)/C(C)=C/C.CC.CC.CC.CC(C)C.CCC(C)(C)CC. The molecule has 1 aliphatic carbocycles. The Balaban J connectivity index is -0.0000000620. The number of hydrogen-bond donors (Lipinski definition) is 0. The van der Waals surface area contributed by atoms with Crippen LogP contribution < -0.4 is 0 Å². The smallest absolute Gasteiger partial charge is 0.000151 e. The third-order valence-electron chi connectivity index (χ3n) is 6.95. The van der Waals surface area contributed by atoms with Crippen LogP contribution in [-0.2, 0) is 0 Å². The van der Waals surface area contributed by atoms with Gasteiger partial charge in [0, 0.05) is 0 Å². The topological polar surface area (TPSA) is 0 Å². The second-order valence-corrected chi connectivity index (χ2v) is 11.9. The maximum absolute atomic E-state index is 4.00. The summed E-state index contributed by atoms with van der Waals surface area (Å²) in [6.45, 7) is 50.6. The van der Waals surface area contributed by atoms with Crippen LogP contribution in [0.2, 0.25) is 0 Å². The highest BCUT2D eigenvalue weighted by Gasteiger charge is 2.10. The zero-order valence-corrected chi connectivity index (χ0v) is 32.9. The molecule has 0 bridgehead atoms. The summed E-state index contributed by atoms with van der Waals surface area (Å²) < 4.78 is 0. The van der Waals surface area contributed by atoms with Crippen LogP contribution in [0.1, 0.15) is 205 Å². The lowest BCUT2D eigenvalue weighted by atomic mass is 9.88. The summed E-state index contributed by atoms with van der Waals surface area (Å²) in [5.41, 5.74) is 8.97. The van der Waals surface area contributed by atoms with Gasteiger partial charge >= 0.3 is 0 Å². The Morgan fingerprint density at radius 3 is 1.40 bits per heavy atom. The van der Waals surface area contributed by atoms with Crippen LogP contribution in [0.4, 0.5) is 0 Å². The molecule has 1 atom stereocenters. The molecule has 0 heterocycles. The first-order chi connectivity index (χ1) is 19.1. The molecule has 264 valence electrons. The highest BCUT2D eigenvalue weighted by atomic mass is 14.2. The van der Waals surface area contributed by atoms with Gasteiger partial charge in [0.2, 0.25) is 0 Å². The van der Waals surface area contributed by atoms with Crippen LogP contribution in [-0.4, -0.2) is 0 Å². The van der Waals surface area contributed by atoms with E-state index in [4.69, 9.17) is 0 Å². The Bertz CT molecular complexity index is 651. The van der Waals surface area contributed by atoms with E-state index in [2.05, 4.69) is 122 Å². The molecule has 43 heavy (non-hydrogen) atoms. The molecule has 0 saturated heterocycles. The second kappa shape index (κ2) is 42.8. The van der Waals surface area contributed by atoms with E-state index in [1.54, 1.807) is 11.1 Å². The molecule has 0 fully saturated rings. The van der Waals surface area contributed by atoms with E-state index in [9.17, 15) is 0 Å². The molecule has 0 amide bonds. The Morgan fingerprint density at radius 2 is 1.16 bits per heavy atom. The Kier molecular flexibility index (Phi) is 60.6. The predicted molar refractivity (Wildman–Crippen MR) is 215 cm³/mol. The summed E-state index contributed by atoms with van der Waals surface area (Å²) in [5, 5.41) is 0. The van der Waals surface area contributed by atoms with Gasteiger partial charge in [-0.3, -0.25) is 0 Å². The van der Waals surface area contributed by atoms with Crippen LogP contribution in [0.3, 0.4) is 0 Å². The van der Waals surface area contributed by atoms with E-state index < -0.39 is 0 Å². The van der Waals surface area contributed by atoms with Crippen LogP contribution in [0.15, 0.2) is 58.7 Å². The molecule has 0 unspecified atom stereocenters. The third-order valence-corrected chi connectivity index (χ3v) is 6.95. The maximum Gasteiger partial charge on any atom is -0.000151 e. The number of hydrogen-bond acceptors (Lipinski definition) is 0. The van der Waals surface area contributed by atoms with Gasteiger partial charge in [-0.15, -0.1) is 0 Å². The van der Waals surface area contributed by atoms with E-state index in [1.165, 1.54) is 73.7 Å². The fourth-order valence-corrected chi connectivity index (χ4v) is 3.26. The van der Waals surface area contributed by atoms with E-state index in [0.29, 0.717) is 11.3 Å². The van der Waals surface area contributed by atoms with Crippen LogP contribution >= 0.6 is 0 Å². The minimum atomic E-state index is 0. The molecular formula is C43H92. The molecule has 0 aromatic rings. The van der Waals surface area contributed by atoms with Gasteiger partial charge in [-0.2, -0.15) is 0 Å². The van der Waals surface area contributed by atoms with Crippen molar-refractivity contribution in [1.29, 1.82) is 0 Å². The van der Waals surface area contributed by atoms with Gasteiger partial charge in [-0.25, -0.2) is 0 Å². The van der Waals surface area contributed by atoms with Gasteiger partial charge in [0.15, 0.2) is 0 Å². The second-order valence-electron chi connectivity index (χ2n) is 11.9. The molecule has 1 rings (SSSR count). The van der Waals surface area contributed by atoms with Crippen molar-refractivity contribution in [3.8, 4) is 0 Å². The summed E-state index contributed by atoms with van der Waals surface area (Å²) in [4.78, 5) is 0. The zero-order valence-electron chi connectivity index (χ0n) is 32.9. The first-order valence-corrected chi connectivity index (χ1v) is 17.4. The molecule has 0 radical (unpaired) electrons. The lowest BCUT2D eigenvalue weighted by Crippen LogP contribution is -2.05. The third kappa shape index (κ3) is 45.3. The molecule has 0 N–H and O–H groups in total. The van der Waals surface area contributed by atoms with Crippen LogP contribution in [0, 0.1) is 17.3 Å². The summed E-state index contributed by atoms with van der Waals surface area (Å²) in [5.74, 6) is 1.45. The fraction of sp³-hybridized carbons (Fsp3) is 0.767. The van der Waals surface area contributed by atoms with Crippen molar-refractivity contribution in [3.05, 3.63) is 58.7 Å². The van der Waals surface area contributed by atoms with Crippen molar-refractivity contribution in [3.63, 3.8) is 0 Å². The molecule has 0 aromatic heterocycles. The molecule has 0 saturated carbocycles. The highest BCUT2D eigenvalue weighted by Crippen LogP contribution is 2.27. The van der Waals surface area contributed by atoms with Crippen molar-refractivity contribution < 1.29 is 0 Å². The zero-order chi connectivity index (χ0) is 34.2. The standard InChI is InChI=1S/C13H20.C11H20.C7H16.C4H10.3C2H6.2CH4/c1-10(2)12(4)9-13-8-6-5-7-11(13)3;1-6-8-11(9(3)4)10(5)7-2;1-5-7(3,4)6-2;1-4(2)3;3*1-2;;/h9H,1,5-8H2,2-4H3;7,11H,3,6,8H2,1-2,4-5H3;5-6H2,1-4H3;4H,1-3H3;3*1-2H3;2*1H4/b12-9-;10-7+;;;;;;;/t;11-;;;;;;;/m.0......./s1. The normalized spacial score (nSPS) is 12.8. The van der Waals surface area contributed by atoms with E-state index >= 15 is 0 Å². The lowest BCUT2D eigenvalue weighted by molar-refractivity contribution is 0.338. The Labute approximate surface area is 280 Å². The molecule has 0 aliphatic heterocycles. The molecule has 0 heteroatoms. The predicted octanol–water partition coefficient (Wildman–Crippen LogP) is 17.2. The van der Waals surface area contributed by atoms with E-state index in [-0.39, 0.29) is 14.9 Å². The van der Waals surface area contributed by atoms with Gasteiger partial charge in [-0.05, 0) is 102 Å².